The zero-order chi connectivity index (χ0) is 10.7. The van der Waals surface area contributed by atoms with Crippen molar-refractivity contribution in [3.63, 3.8) is 0 Å². The molecular weight excluding hydrogens is 190 g/mol. The van der Waals surface area contributed by atoms with Crippen LogP contribution in [-0.4, -0.2) is 28.5 Å². The minimum absolute atomic E-state index is 0.0439. The van der Waals surface area contributed by atoms with Crippen LogP contribution in [0.2, 0.25) is 0 Å². The third kappa shape index (κ3) is 2.79. The molecule has 2 heterocycles. The molecule has 2 rings (SSSR count). The molecule has 1 fully saturated rings. The molecule has 1 aromatic heterocycles. The van der Waals surface area contributed by atoms with Crippen LogP contribution in [0.4, 0.5) is 0 Å². The number of hydrogen-bond donors (Lipinski definition) is 1. The van der Waals surface area contributed by atoms with Crippen molar-refractivity contribution in [1.82, 2.24) is 15.1 Å². The Balaban J connectivity index is 1.75. The van der Waals surface area contributed by atoms with Crippen molar-refractivity contribution in [1.29, 1.82) is 0 Å². The van der Waals surface area contributed by atoms with Crippen molar-refractivity contribution in [2.45, 2.75) is 31.9 Å². The van der Waals surface area contributed by atoms with E-state index in [1.54, 1.807) is 0 Å². The largest absolute Gasteiger partial charge is 0.374 e. The van der Waals surface area contributed by atoms with Crippen LogP contribution in [0.1, 0.15) is 25.3 Å². The highest BCUT2D eigenvalue weighted by Crippen LogP contribution is 2.23. The zero-order valence-corrected chi connectivity index (χ0v) is 9.49. The maximum Gasteiger partial charge on any atom is 0.0779 e. The Morgan fingerprint density at radius 1 is 1.67 bits per heavy atom. The molecule has 1 aromatic rings. The molecular formula is C11H19N3O. The van der Waals surface area contributed by atoms with Gasteiger partial charge in [-0.2, -0.15) is 5.10 Å². The molecule has 84 valence electrons. The van der Waals surface area contributed by atoms with E-state index >= 15 is 0 Å². The van der Waals surface area contributed by atoms with E-state index < -0.39 is 0 Å². The van der Waals surface area contributed by atoms with Crippen LogP contribution in [0.5, 0.6) is 0 Å². The number of hydrogen-bond acceptors (Lipinski definition) is 3. The zero-order valence-electron chi connectivity index (χ0n) is 9.49. The van der Waals surface area contributed by atoms with Crippen LogP contribution in [0.25, 0.3) is 0 Å². The van der Waals surface area contributed by atoms with Crippen molar-refractivity contribution in [3.8, 4) is 0 Å². The average Bonchev–Trinajstić information content (AvgIpc) is 2.76. The molecule has 1 aliphatic rings. The fourth-order valence-electron chi connectivity index (χ4n) is 2.01. The van der Waals surface area contributed by atoms with Gasteiger partial charge >= 0.3 is 0 Å². The van der Waals surface area contributed by atoms with Crippen LogP contribution < -0.4 is 5.32 Å². The number of aromatic nitrogens is 2. The molecule has 0 amide bonds. The summed E-state index contributed by atoms with van der Waals surface area (Å²) in [5.74, 6) is 0. The lowest BCUT2D eigenvalue weighted by Gasteiger charge is -2.23. The van der Waals surface area contributed by atoms with Gasteiger partial charge in [0.05, 0.1) is 11.8 Å². The van der Waals surface area contributed by atoms with Gasteiger partial charge in [0.2, 0.25) is 0 Å². The number of nitrogens with one attached hydrogen (secondary N) is 1. The fourth-order valence-corrected chi connectivity index (χ4v) is 2.01. The summed E-state index contributed by atoms with van der Waals surface area (Å²) in [5, 5.41) is 7.55. The SMILES string of the molecule is Cn1cc(CNCC2(C)CCCO2)cn1. The second-order valence-corrected chi connectivity index (χ2v) is 4.53. The molecule has 0 aliphatic carbocycles. The fraction of sp³-hybridized carbons (Fsp3) is 0.727. The van der Waals surface area contributed by atoms with Gasteiger partial charge in [0, 0.05) is 38.5 Å². The maximum atomic E-state index is 5.70. The van der Waals surface area contributed by atoms with E-state index in [9.17, 15) is 0 Å². The first-order valence-electron chi connectivity index (χ1n) is 5.50. The highest BCUT2D eigenvalue weighted by Gasteiger charge is 2.28. The lowest BCUT2D eigenvalue weighted by atomic mass is 10.0. The van der Waals surface area contributed by atoms with E-state index in [0.717, 1.165) is 26.1 Å². The van der Waals surface area contributed by atoms with Crippen molar-refractivity contribution in [3.05, 3.63) is 18.0 Å². The minimum Gasteiger partial charge on any atom is -0.374 e. The summed E-state index contributed by atoms with van der Waals surface area (Å²) in [4.78, 5) is 0. The van der Waals surface area contributed by atoms with Gasteiger partial charge in [-0.1, -0.05) is 0 Å². The molecule has 15 heavy (non-hydrogen) atoms. The average molecular weight is 209 g/mol. The first-order valence-corrected chi connectivity index (χ1v) is 5.50. The molecule has 0 spiro atoms. The summed E-state index contributed by atoms with van der Waals surface area (Å²) in [5.41, 5.74) is 1.27. The van der Waals surface area contributed by atoms with Crippen LogP contribution in [0.15, 0.2) is 12.4 Å². The topological polar surface area (TPSA) is 39.1 Å². The molecule has 1 aliphatic heterocycles. The standard InChI is InChI=1S/C11H19N3O/c1-11(4-3-5-15-11)9-12-6-10-7-13-14(2)8-10/h7-8,12H,3-6,9H2,1-2H3. The molecule has 1 unspecified atom stereocenters. The second kappa shape index (κ2) is 4.33. The van der Waals surface area contributed by atoms with Crippen LogP contribution >= 0.6 is 0 Å². The molecule has 1 atom stereocenters. The van der Waals surface area contributed by atoms with E-state index in [0.29, 0.717) is 0 Å². The lowest BCUT2D eigenvalue weighted by Crippen LogP contribution is -2.36. The van der Waals surface area contributed by atoms with Gasteiger partial charge in [-0.15, -0.1) is 0 Å². The van der Waals surface area contributed by atoms with E-state index in [1.165, 1.54) is 12.0 Å². The normalized spacial score (nSPS) is 26.0. The lowest BCUT2D eigenvalue weighted by molar-refractivity contribution is 0.0207. The smallest absolute Gasteiger partial charge is 0.0779 e. The number of rotatable bonds is 4. The Hall–Kier alpha value is -0.870. The predicted octanol–water partition coefficient (Wildman–Crippen LogP) is 1.08. The van der Waals surface area contributed by atoms with Gasteiger partial charge in [0.15, 0.2) is 0 Å². The Morgan fingerprint density at radius 3 is 3.13 bits per heavy atom. The van der Waals surface area contributed by atoms with Crippen molar-refractivity contribution >= 4 is 0 Å². The van der Waals surface area contributed by atoms with Crippen molar-refractivity contribution < 1.29 is 4.74 Å². The second-order valence-electron chi connectivity index (χ2n) is 4.53. The summed E-state index contributed by atoms with van der Waals surface area (Å²) >= 11 is 0. The van der Waals surface area contributed by atoms with Crippen molar-refractivity contribution in [2.75, 3.05) is 13.2 Å². The molecule has 0 saturated carbocycles. The molecule has 0 bridgehead atoms. The first kappa shape index (κ1) is 10.6. The summed E-state index contributed by atoms with van der Waals surface area (Å²) in [7, 11) is 1.94. The Morgan fingerprint density at radius 2 is 2.53 bits per heavy atom. The number of aryl methyl sites for hydroxylation is 1. The van der Waals surface area contributed by atoms with Crippen LogP contribution in [-0.2, 0) is 18.3 Å². The van der Waals surface area contributed by atoms with Gasteiger partial charge in [0.1, 0.15) is 0 Å². The first-order chi connectivity index (χ1) is 7.18. The Kier molecular flexibility index (Phi) is 3.07. The molecule has 0 aromatic carbocycles. The number of nitrogens with zero attached hydrogens (tertiary/aromatic N) is 2. The van der Waals surface area contributed by atoms with E-state index in [2.05, 4.69) is 17.3 Å². The van der Waals surface area contributed by atoms with Gasteiger partial charge in [-0.05, 0) is 19.8 Å². The molecule has 4 heteroatoms. The number of ether oxygens (including phenoxy) is 1. The molecule has 1 N–H and O–H groups in total. The van der Waals surface area contributed by atoms with Gasteiger partial charge < -0.3 is 10.1 Å². The van der Waals surface area contributed by atoms with Gasteiger partial charge in [0.25, 0.3) is 0 Å². The van der Waals surface area contributed by atoms with Crippen molar-refractivity contribution in [2.24, 2.45) is 7.05 Å². The summed E-state index contributed by atoms with van der Waals surface area (Å²) in [6.45, 7) is 4.87. The maximum absolute atomic E-state index is 5.70. The highest BCUT2D eigenvalue weighted by atomic mass is 16.5. The molecule has 1 saturated heterocycles. The Labute approximate surface area is 90.6 Å². The van der Waals surface area contributed by atoms with E-state index in [1.807, 2.05) is 24.1 Å². The molecule has 0 radical (unpaired) electrons. The minimum atomic E-state index is 0.0439. The third-order valence-electron chi connectivity index (χ3n) is 2.89. The summed E-state index contributed by atoms with van der Waals surface area (Å²) in [6.07, 6.45) is 6.27. The van der Waals surface area contributed by atoms with E-state index in [4.69, 9.17) is 4.74 Å². The summed E-state index contributed by atoms with van der Waals surface area (Å²) in [6, 6.07) is 0. The van der Waals surface area contributed by atoms with Crippen LogP contribution in [0.3, 0.4) is 0 Å². The molecule has 4 nitrogen and oxygen atoms in total. The van der Waals surface area contributed by atoms with E-state index in [-0.39, 0.29) is 5.60 Å². The van der Waals surface area contributed by atoms with Crippen LogP contribution in [0, 0.1) is 0 Å². The third-order valence-corrected chi connectivity index (χ3v) is 2.89. The predicted molar refractivity (Wildman–Crippen MR) is 58.5 cm³/mol. The quantitative estimate of drug-likeness (QED) is 0.806. The highest BCUT2D eigenvalue weighted by molar-refractivity contribution is 5.03. The Bertz CT molecular complexity index is 315. The van der Waals surface area contributed by atoms with Gasteiger partial charge in [-0.3, -0.25) is 4.68 Å². The summed E-state index contributed by atoms with van der Waals surface area (Å²) < 4.78 is 7.52. The van der Waals surface area contributed by atoms with Gasteiger partial charge in [-0.25, -0.2) is 0 Å². The monoisotopic (exact) mass is 209 g/mol.